The molecule has 0 amide bonds. The second-order valence-corrected chi connectivity index (χ2v) is 3.64. The van der Waals surface area contributed by atoms with Crippen molar-refractivity contribution in [3.63, 3.8) is 0 Å². The largest absolute Gasteiger partial charge is 0.496 e. The predicted octanol–water partition coefficient (Wildman–Crippen LogP) is 2.09. The summed E-state index contributed by atoms with van der Waals surface area (Å²) in [5.41, 5.74) is 1.80. The van der Waals surface area contributed by atoms with Gasteiger partial charge in [0.15, 0.2) is 0 Å². The summed E-state index contributed by atoms with van der Waals surface area (Å²) >= 11 is 0. The van der Waals surface area contributed by atoms with E-state index in [-0.39, 0.29) is 5.78 Å². The van der Waals surface area contributed by atoms with E-state index in [1.807, 2.05) is 18.2 Å². The van der Waals surface area contributed by atoms with E-state index in [2.05, 4.69) is 16.9 Å². The lowest BCUT2D eigenvalue weighted by molar-refractivity contribution is 0.103. The molecule has 0 saturated heterocycles. The molecule has 2 rings (SSSR count). The van der Waals surface area contributed by atoms with Gasteiger partial charge in [-0.25, -0.2) is 0 Å². The molecule has 1 heterocycles. The summed E-state index contributed by atoms with van der Waals surface area (Å²) in [6.07, 6.45) is 1.68. The number of ether oxygens (including phenoxy) is 1. The highest BCUT2D eigenvalue weighted by Crippen LogP contribution is 2.29. The molecule has 88 valence electrons. The first-order valence-electron chi connectivity index (χ1n) is 5.24. The van der Waals surface area contributed by atoms with Gasteiger partial charge in [-0.2, -0.15) is 0 Å². The van der Waals surface area contributed by atoms with E-state index >= 15 is 0 Å². The molecule has 0 aliphatic carbocycles. The smallest absolute Gasteiger partial charge is 0.210 e. The van der Waals surface area contributed by atoms with Crippen LogP contribution in [0, 0.1) is 0 Å². The van der Waals surface area contributed by atoms with Crippen molar-refractivity contribution >= 4 is 16.7 Å². The zero-order valence-electron chi connectivity index (χ0n) is 9.83. The Morgan fingerprint density at radius 1 is 1.47 bits per heavy atom. The molecule has 2 N–H and O–H groups in total. The first-order chi connectivity index (χ1) is 8.19. The van der Waals surface area contributed by atoms with Gasteiger partial charge in [-0.15, -0.1) is 0 Å². The summed E-state index contributed by atoms with van der Waals surface area (Å²) in [4.78, 5) is 15.1. The number of hydrogen-bond acceptors (Lipinski definition) is 3. The maximum Gasteiger partial charge on any atom is 0.210 e. The Morgan fingerprint density at radius 3 is 2.88 bits per heavy atom. The molecule has 1 aromatic carbocycles. The summed E-state index contributed by atoms with van der Waals surface area (Å²) in [5.74, 6) is 0.541. The van der Waals surface area contributed by atoms with Crippen LogP contribution in [0.25, 0.3) is 10.9 Å². The molecule has 0 bridgehead atoms. The first kappa shape index (κ1) is 11.3. The van der Waals surface area contributed by atoms with Crippen molar-refractivity contribution in [2.24, 2.45) is 0 Å². The number of aromatic nitrogens is 1. The average Bonchev–Trinajstić information content (AvgIpc) is 2.80. The van der Waals surface area contributed by atoms with Gasteiger partial charge < -0.3 is 15.0 Å². The van der Waals surface area contributed by atoms with Gasteiger partial charge >= 0.3 is 0 Å². The number of ketones is 1. The van der Waals surface area contributed by atoms with Gasteiger partial charge in [0.05, 0.1) is 23.8 Å². The van der Waals surface area contributed by atoms with Gasteiger partial charge in [-0.3, -0.25) is 4.79 Å². The number of methoxy groups -OCH3 is 1. The number of Topliss-reactive ketones (excluding diaryl/α,β-unsaturated/α-hetero) is 1. The van der Waals surface area contributed by atoms with Gasteiger partial charge in [0, 0.05) is 18.8 Å². The van der Waals surface area contributed by atoms with Crippen molar-refractivity contribution in [1.82, 2.24) is 10.3 Å². The highest BCUT2D eigenvalue weighted by molar-refractivity contribution is 6.16. The zero-order valence-corrected chi connectivity index (χ0v) is 9.83. The Balaban J connectivity index is 2.63. The van der Waals surface area contributed by atoms with Crippen LogP contribution in [0.3, 0.4) is 0 Å². The van der Waals surface area contributed by atoms with E-state index in [9.17, 15) is 4.79 Å². The van der Waals surface area contributed by atoms with Gasteiger partial charge in [0.1, 0.15) is 5.75 Å². The lowest BCUT2D eigenvalue weighted by Crippen LogP contribution is -2.14. The summed E-state index contributed by atoms with van der Waals surface area (Å²) in [7, 11) is 3.26. The maximum atomic E-state index is 12.1. The fraction of sp³-hybridized carbons (Fsp3) is 0.154. The van der Waals surface area contributed by atoms with Crippen LogP contribution in [0.15, 0.2) is 36.7 Å². The number of carbonyl (C=O) groups excluding carboxylic acids is 1. The van der Waals surface area contributed by atoms with Crippen LogP contribution < -0.4 is 10.1 Å². The number of carbonyl (C=O) groups is 1. The minimum Gasteiger partial charge on any atom is -0.496 e. The van der Waals surface area contributed by atoms with Crippen molar-refractivity contribution < 1.29 is 9.53 Å². The van der Waals surface area contributed by atoms with Crippen LogP contribution in [-0.2, 0) is 0 Å². The van der Waals surface area contributed by atoms with Crippen LogP contribution in [-0.4, -0.2) is 24.9 Å². The quantitative estimate of drug-likeness (QED) is 0.624. The van der Waals surface area contributed by atoms with Gasteiger partial charge in [0.2, 0.25) is 5.78 Å². The highest BCUT2D eigenvalue weighted by Gasteiger charge is 2.17. The molecule has 0 fully saturated rings. The fourth-order valence-electron chi connectivity index (χ4n) is 1.78. The summed E-state index contributed by atoms with van der Waals surface area (Å²) < 4.78 is 5.27. The summed E-state index contributed by atoms with van der Waals surface area (Å²) in [5, 5.41) is 3.54. The van der Waals surface area contributed by atoms with Crippen molar-refractivity contribution in [3.8, 4) is 5.75 Å². The Labute approximate surface area is 99.3 Å². The highest BCUT2D eigenvalue weighted by atomic mass is 16.5. The SMILES string of the molecule is C=C(NC)C(=O)c1c[nH]c2cccc(OC)c12. The minimum absolute atomic E-state index is 0.136. The monoisotopic (exact) mass is 230 g/mol. The molecule has 0 saturated carbocycles. The predicted molar refractivity (Wildman–Crippen MR) is 67.4 cm³/mol. The molecule has 0 aliphatic heterocycles. The number of rotatable bonds is 4. The molecule has 0 aliphatic rings. The van der Waals surface area contributed by atoms with Crippen molar-refractivity contribution in [1.29, 1.82) is 0 Å². The number of likely N-dealkylation sites (N-methyl/N-ethyl adjacent to an activating group) is 1. The van der Waals surface area contributed by atoms with Crippen molar-refractivity contribution in [2.45, 2.75) is 0 Å². The third kappa shape index (κ3) is 1.78. The van der Waals surface area contributed by atoms with E-state index in [0.717, 1.165) is 10.9 Å². The third-order valence-electron chi connectivity index (χ3n) is 2.71. The van der Waals surface area contributed by atoms with Gasteiger partial charge in [0.25, 0.3) is 0 Å². The topological polar surface area (TPSA) is 54.1 Å². The Bertz CT molecular complexity index is 584. The lowest BCUT2D eigenvalue weighted by atomic mass is 10.1. The van der Waals surface area contributed by atoms with Crippen LogP contribution in [0.4, 0.5) is 0 Å². The maximum absolute atomic E-state index is 12.1. The Kier molecular flexibility index (Phi) is 2.87. The molecular weight excluding hydrogens is 216 g/mol. The lowest BCUT2D eigenvalue weighted by Gasteiger charge is -2.05. The second kappa shape index (κ2) is 4.33. The average molecular weight is 230 g/mol. The van der Waals surface area contributed by atoms with E-state index in [4.69, 9.17) is 4.74 Å². The zero-order chi connectivity index (χ0) is 12.4. The molecule has 17 heavy (non-hydrogen) atoms. The number of H-pyrrole nitrogens is 1. The summed E-state index contributed by atoms with van der Waals surface area (Å²) in [6.45, 7) is 3.68. The van der Waals surface area contributed by atoms with Crippen LogP contribution in [0.2, 0.25) is 0 Å². The number of fused-ring (bicyclic) bond motifs is 1. The summed E-state index contributed by atoms with van der Waals surface area (Å²) in [6, 6.07) is 5.60. The Hall–Kier alpha value is -2.23. The first-order valence-corrected chi connectivity index (χ1v) is 5.24. The molecule has 1 aromatic heterocycles. The van der Waals surface area contributed by atoms with Crippen LogP contribution in [0.5, 0.6) is 5.75 Å². The molecule has 4 heteroatoms. The molecule has 0 spiro atoms. The van der Waals surface area contributed by atoms with Gasteiger partial charge in [-0.1, -0.05) is 12.6 Å². The van der Waals surface area contributed by atoms with Crippen LogP contribution >= 0.6 is 0 Å². The molecule has 0 atom stereocenters. The molecule has 0 unspecified atom stereocenters. The van der Waals surface area contributed by atoms with Crippen molar-refractivity contribution in [3.05, 3.63) is 42.2 Å². The number of nitrogens with one attached hydrogen (secondary N) is 2. The van der Waals surface area contributed by atoms with E-state index < -0.39 is 0 Å². The number of allylic oxidation sites excluding steroid dienone is 1. The Morgan fingerprint density at radius 2 is 2.24 bits per heavy atom. The minimum atomic E-state index is -0.136. The molecule has 4 nitrogen and oxygen atoms in total. The number of hydrogen-bond donors (Lipinski definition) is 2. The number of aromatic amines is 1. The second-order valence-electron chi connectivity index (χ2n) is 3.64. The van der Waals surface area contributed by atoms with E-state index in [0.29, 0.717) is 17.0 Å². The molecular formula is C13H14N2O2. The van der Waals surface area contributed by atoms with E-state index in [1.165, 1.54) is 0 Å². The van der Waals surface area contributed by atoms with Crippen LogP contribution in [0.1, 0.15) is 10.4 Å². The van der Waals surface area contributed by atoms with E-state index in [1.54, 1.807) is 20.4 Å². The fourth-order valence-corrected chi connectivity index (χ4v) is 1.78. The number of benzene rings is 1. The molecule has 2 aromatic rings. The van der Waals surface area contributed by atoms with Gasteiger partial charge in [-0.05, 0) is 12.1 Å². The molecule has 0 radical (unpaired) electrons. The normalized spacial score (nSPS) is 10.2. The van der Waals surface area contributed by atoms with Crippen molar-refractivity contribution in [2.75, 3.05) is 14.2 Å². The third-order valence-corrected chi connectivity index (χ3v) is 2.71. The standard InChI is InChI=1S/C13H14N2O2/c1-8(14-2)13(16)9-7-15-10-5-4-6-11(17-3)12(9)10/h4-7,14-15H,1H2,2-3H3.